The van der Waals surface area contributed by atoms with Gasteiger partial charge in [0.1, 0.15) is 10.1 Å². The van der Waals surface area contributed by atoms with Gasteiger partial charge in [0.15, 0.2) is 0 Å². The van der Waals surface area contributed by atoms with Crippen LogP contribution in [0.4, 0.5) is 0 Å². The molecule has 0 amide bonds. The molecule has 6 heteroatoms. The molecule has 0 heterocycles. The van der Waals surface area contributed by atoms with Crippen LogP contribution in [0.2, 0.25) is 0 Å². The second-order valence-corrected chi connectivity index (χ2v) is 13.1. The van der Waals surface area contributed by atoms with Gasteiger partial charge in [-0.05, 0) is 79.5 Å². The minimum absolute atomic E-state index is 0. The number of aryl methyl sites for hydroxylation is 1. The average Bonchev–Trinajstić information content (AvgIpc) is 2.69. The van der Waals surface area contributed by atoms with E-state index in [-0.39, 0.29) is 42.4 Å². The quantitative estimate of drug-likeness (QED) is 0.419. The summed E-state index contributed by atoms with van der Waals surface area (Å²) in [4.78, 5) is -0.0402. The minimum atomic E-state index is -4.36. The summed E-state index contributed by atoms with van der Waals surface area (Å²) in [6.45, 7) is 0. The summed E-state index contributed by atoms with van der Waals surface area (Å²) in [5.41, 5.74) is 4.95. The van der Waals surface area contributed by atoms with Gasteiger partial charge in [-0.15, -0.1) is 0 Å². The Labute approximate surface area is 194 Å². The first-order valence-corrected chi connectivity index (χ1v) is 13.9. The molecule has 0 aromatic heterocycles. The predicted molar refractivity (Wildman–Crippen MR) is 111 cm³/mol. The molecular weight excluding hydrogens is 398 g/mol. The summed E-state index contributed by atoms with van der Waals surface area (Å²) in [5.74, 6) is 0. The topological polar surface area (TPSA) is 57.2 Å². The predicted octanol–water partition coefficient (Wildman–Crippen LogP) is 3.12. The maximum Gasteiger partial charge on any atom is 1.00 e. The Kier molecular flexibility index (Phi) is 8.50. The molecule has 3 aliphatic rings. The van der Waals surface area contributed by atoms with Gasteiger partial charge in [-0.2, -0.15) is 0 Å². The Balaban J connectivity index is 0.00000225. The van der Waals surface area contributed by atoms with Crippen molar-refractivity contribution < 1.29 is 42.5 Å². The molecule has 150 valence electrons. The Hall–Kier alpha value is 0.560. The van der Waals surface area contributed by atoms with Crippen molar-refractivity contribution in [1.82, 2.24) is 0 Å². The fraction of sp³-hybridized carbons (Fsp3) is 0.727. The van der Waals surface area contributed by atoms with Gasteiger partial charge in [-0.25, -0.2) is 8.42 Å². The van der Waals surface area contributed by atoms with Gasteiger partial charge in [-0.3, -0.25) is 0 Å². The zero-order chi connectivity index (χ0) is 18.9. The summed E-state index contributed by atoms with van der Waals surface area (Å²) in [6, 6.07) is 5.28. The summed E-state index contributed by atoms with van der Waals surface area (Å²) in [7, 11) is -4.43. The second kappa shape index (κ2) is 10.2. The molecule has 28 heavy (non-hydrogen) atoms. The first kappa shape index (κ1) is 23.2. The van der Waals surface area contributed by atoms with Crippen LogP contribution in [-0.4, -0.2) is 24.3 Å². The Morgan fingerprint density at radius 2 is 1.39 bits per heavy atom. The number of hydrogen-bond acceptors (Lipinski definition) is 3. The molecule has 2 saturated carbocycles. The molecule has 1 unspecified atom stereocenters. The largest absolute Gasteiger partial charge is 1.00 e. The molecule has 4 rings (SSSR count). The van der Waals surface area contributed by atoms with Crippen LogP contribution in [0.3, 0.4) is 0 Å². The Morgan fingerprint density at radius 1 is 0.821 bits per heavy atom. The van der Waals surface area contributed by atoms with E-state index in [2.05, 4.69) is 0 Å². The molecule has 1 aromatic carbocycles. The summed E-state index contributed by atoms with van der Waals surface area (Å²) < 4.78 is 34.4. The molecule has 3 aliphatic carbocycles. The fourth-order valence-electron chi connectivity index (χ4n) is 5.80. The first-order valence-electron chi connectivity index (χ1n) is 10.9. The second-order valence-electron chi connectivity index (χ2n) is 8.75. The van der Waals surface area contributed by atoms with Crippen molar-refractivity contribution in [2.75, 3.05) is 0 Å². The van der Waals surface area contributed by atoms with E-state index in [0.29, 0.717) is 5.66 Å². The van der Waals surface area contributed by atoms with Gasteiger partial charge in [-0.1, -0.05) is 52.5 Å². The van der Waals surface area contributed by atoms with Crippen LogP contribution in [0, 0.1) is 0 Å². The van der Waals surface area contributed by atoms with E-state index in [1.54, 1.807) is 12.1 Å². The Morgan fingerprint density at radius 3 is 1.93 bits per heavy atom. The van der Waals surface area contributed by atoms with Crippen LogP contribution in [0.1, 0.15) is 93.8 Å². The van der Waals surface area contributed by atoms with Gasteiger partial charge in [0.2, 0.25) is 0 Å². The minimum Gasteiger partial charge on any atom is -0.744 e. The van der Waals surface area contributed by atoms with Crippen molar-refractivity contribution in [2.24, 2.45) is 0 Å². The van der Waals surface area contributed by atoms with Crippen LogP contribution in [0.25, 0.3) is 0 Å². The summed E-state index contributed by atoms with van der Waals surface area (Å²) in [6.07, 6.45) is 17.3. The summed E-state index contributed by atoms with van der Waals surface area (Å²) >= 11 is 0. The first-order chi connectivity index (χ1) is 13.0. The standard InChI is InChI=1S/C22H33O3PS.Na/c23-27(24,25)20-14-15-21-17(16-20)8-7-13-22(21)26(18-9-3-1-4-10-18)19-11-5-2-6-12-19;/h14-16,18-19,22H,1-13H2,(H,23,24,25);/q;+1/p-1. The molecule has 0 saturated heterocycles. The van der Waals surface area contributed by atoms with Crippen LogP contribution in [0.5, 0.6) is 0 Å². The van der Waals surface area contributed by atoms with Gasteiger partial charge < -0.3 is 4.55 Å². The van der Waals surface area contributed by atoms with E-state index in [4.69, 9.17) is 0 Å². The van der Waals surface area contributed by atoms with E-state index in [1.807, 2.05) is 6.07 Å². The van der Waals surface area contributed by atoms with Gasteiger partial charge in [0, 0.05) is 5.66 Å². The molecule has 1 aromatic rings. The maximum atomic E-state index is 11.5. The summed E-state index contributed by atoms with van der Waals surface area (Å²) in [5, 5.41) is 0. The van der Waals surface area contributed by atoms with Crippen molar-refractivity contribution in [3.8, 4) is 0 Å². The maximum absolute atomic E-state index is 11.5. The molecule has 1 atom stereocenters. The van der Waals surface area contributed by atoms with E-state index < -0.39 is 10.1 Å². The monoisotopic (exact) mass is 430 g/mol. The third-order valence-corrected chi connectivity index (χ3v) is 11.8. The molecule has 2 fully saturated rings. The van der Waals surface area contributed by atoms with E-state index in [0.717, 1.165) is 29.7 Å². The van der Waals surface area contributed by atoms with Crippen LogP contribution in [-0.2, 0) is 16.5 Å². The molecule has 0 aliphatic heterocycles. The third kappa shape index (κ3) is 5.24. The number of rotatable bonds is 4. The van der Waals surface area contributed by atoms with E-state index in [1.165, 1.54) is 76.2 Å². The molecule has 0 N–H and O–H groups in total. The molecule has 0 bridgehead atoms. The number of hydrogen-bond donors (Lipinski definition) is 0. The van der Waals surface area contributed by atoms with Crippen molar-refractivity contribution in [3.63, 3.8) is 0 Å². The van der Waals surface area contributed by atoms with Gasteiger partial charge in [0.25, 0.3) is 0 Å². The van der Waals surface area contributed by atoms with Crippen molar-refractivity contribution in [1.29, 1.82) is 0 Å². The van der Waals surface area contributed by atoms with Gasteiger partial charge >= 0.3 is 29.6 Å². The third-order valence-electron chi connectivity index (χ3n) is 7.04. The molecule has 0 spiro atoms. The van der Waals surface area contributed by atoms with Crippen molar-refractivity contribution >= 4 is 18.0 Å². The van der Waals surface area contributed by atoms with E-state index in [9.17, 15) is 13.0 Å². The average molecular weight is 431 g/mol. The fourth-order valence-corrected chi connectivity index (χ4v) is 10.9. The Bertz CT molecular complexity index is 737. The molecule has 3 nitrogen and oxygen atoms in total. The number of fused-ring (bicyclic) bond motifs is 1. The SMILES string of the molecule is O=S(=O)([O-])c1ccc2c(c1)CCCC2P(C1CCCCC1)C1CCCCC1.[Na+]. The van der Waals surface area contributed by atoms with Gasteiger partial charge in [0.05, 0.1) is 4.90 Å². The normalized spacial score (nSPS) is 24.6. The van der Waals surface area contributed by atoms with Crippen molar-refractivity contribution in [2.45, 2.75) is 105 Å². The molecular formula is C22H32NaO3PS. The zero-order valence-electron chi connectivity index (χ0n) is 17.2. The molecule has 0 radical (unpaired) electrons. The van der Waals surface area contributed by atoms with Crippen LogP contribution in [0.15, 0.2) is 23.1 Å². The number of benzene rings is 1. The van der Waals surface area contributed by atoms with E-state index >= 15 is 0 Å². The van der Waals surface area contributed by atoms with Crippen LogP contribution < -0.4 is 29.6 Å². The van der Waals surface area contributed by atoms with Crippen LogP contribution >= 0.6 is 7.92 Å². The smallest absolute Gasteiger partial charge is 0.744 e. The zero-order valence-corrected chi connectivity index (χ0v) is 20.9. The van der Waals surface area contributed by atoms with Crippen molar-refractivity contribution in [3.05, 3.63) is 29.3 Å².